The molecule has 0 spiro atoms. The molecule has 4 N–H and O–H groups in total. The van der Waals surface area contributed by atoms with E-state index in [1.807, 2.05) is 0 Å². The minimum absolute atomic E-state index is 0.372. The second kappa shape index (κ2) is 4.99. The zero-order valence-electron chi connectivity index (χ0n) is 9.95. The lowest BCUT2D eigenvalue weighted by Crippen LogP contribution is -2.22. The highest BCUT2D eigenvalue weighted by atomic mass is 15.3. The maximum Gasteiger partial charge on any atom is 0.146 e. The summed E-state index contributed by atoms with van der Waals surface area (Å²) < 4.78 is 0. The highest BCUT2D eigenvalue weighted by molar-refractivity contribution is 6.29. The molecule has 0 aromatic carbocycles. The zero-order chi connectivity index (χ0) is 12.3. The number of likely N-dealkylation sites (tertiary alicyclic amines) is 1. The van der Waals surface area contributed by atoms with Gasteiger partial charge >= 0.3 is 0 Å². The summed E-state index contributed by atoms with van der Waals surface area (Å²) in [6, 6.07) is 0. The second-order valence-corrected chi connectivity index (χ2v) is 4.36. The Hall–Kier alpha value is -1.85. The molecule has 92 valence electrons. The Morgan fingerprint density at radius 3 is 2.65 bits per heavy atom. The Labute approximate surface area is 101 Å². The van der Waals surface area contributed by atoms with Crippen molar-refractivity contribution in [3.05, 3.63) is 12.0 Å². The molecular weight excluding hydrogens is 216 g/mol. The van der Waals surface area contributed by atoms with Gasteiger partial charge in [-0.1, -0.05) is 0 Å². The molecule has 2 rings (SSSR count). The van der Waals surface area contributed by atoms with Gasteiger partial charge in [0.1, 0.15) is 18.0 Å². The minimum Gasteiger partial charge on any atom is -0.402 e. The van der Waals surface area contributed by atoms with Gasteiger partial charge in [0.25, 0.3) is 0 Å². The van der Waals surface area contributed by atoms with Gasteiger partial charge in [0.05, 0.1) is 6.21 Å². The largest absolute Gasteiger partial charge is 0.402 e. The lowest BCUT2D eigenvalue weighted by molar-refractivity contribution is 0.377. The van der Waals surface area contributed by atoms with Gasteiger partial charge in [0.15, 0.2) is 0 Å². The van der Waals surface area contributed by atoms with Crippen LogP contribution < -0.4 is 11.5 Å². The van der Waals surface area contributed by atoms with Gasteiger partial charge in [-0.3, -0.25) is 4.99 Å². The summed E-state index contributed by atoms with van der Waals surface area (Å²) >= 11 is 0. The van der Waals surface area contributed by atoms with E-state index < -0.39 is 0 Å². The van der Waals surface area contributed by atoms with Crippen LogP contribution in [0, 0.1) is 11.8 Å². The highest BCUT2D eigenvalue weighted by Gasteiger charge is 2.45. The molecule has 0 radical (unpaired) electrons. The molecule has 0 bridgehead atoms. The lowest BCUT2D eigenvalue weighted by atomic mass is 10.4. The lowest BCUT2D eigenvalue weighted by Gasteiger charge is -2.19. The Morgan fingerprint density at radius 2 is 2.06 bits per heavy atom. The summed E-state index contributed by atoms with van der Waals surface area (Å²) in [5, 5.41) is 0. The van der Waals surface area contributed by atoms with Crippen molar-refractivity contribution in [2.45, 2.75) is 6.42 Å². The molecule has 2 unspecified atom stereocenters. The first-order chi connectivity index (χ1) is 8.24. The van der Waals surface area contributed by atoms with Gasteiger partial charge in [-0.15, -0.1) is 0 Å². The van der Waals surface area contributed by atoms with E-state index in [0.29, 0.717) is 5.84 Å². The summed E-state index contributed by atoms with van der Waals surface area (Å²) in [5.74, 6) is 2.86. The van der Waals surface area contributed by atoms with Crippen LogP contribution in [-0.2, 0) is 0 Å². The van der Waals surface area contributed by atoms with Gasteiger partial charge < -0.3 is 16.4 Å². The van der Waals surface area contributed by atoms with Crippen molar-refractivity contribution in [3.63, 3.8) is 0 Å². The molecule has 1 saturated carbocycles. The summed E-state index contributed by atoms with van der Waals surface area (Å²) in [5.41, 5.74) is 11.0. The summed E-state index contributed by atoms with van der Waals surface area (Å²) in [4.78, 5) is 14.1. The normalized spacial score (nSPS) is 29.4. The fourth-order valence-corrected chi connectivity index (χ4v) is 2.08. The van der Waals surface area contributed by atoms with Crippen molar-refractivity contribution < 1.29 is 0 Å². The molecule has 0 amide bonds. The van der Waals surface area contributed by atoms with Crippen LogP contribution in [0.3, 0.4) is 0 Å². The number of amidine groups is 1. The first-order valence-electron chi connectivity index (χ1n) is 5.69. The van der Waals surface area contributed by atoms with Crippen LogP contribution in [0.25, 0.3) is 0 Å². The molecule has 1 saturated heterocycles. The molecule has 2 fully saturated rings. The standard InChI is InChI=1S/C11H18N6/c1-14-10(13)4-15-7-16-11(3-12)17-5-8-2-9(8)6-17/h3-4,7-9H,2,5-6,12H2,1H3,(H2,13,14). The maximum atomic E-state index is 5.56. The van der Waals surface area contributed by atoms with Crippen LogP contribution in [0.2, 0.25) is 0 Å². The van der Waals surface area contributed by atoms with Crippen molar-refractivity contribution in [2.24, 2.45) is 38.3 Å². The van der Waals surface area contributed by atoms with E-state index in [4.69, 9.17) is 11.5 Å². The molecule has 0 aromatic rings. The predicted octanol–water partition coefficient (Wildman–Crippen LogP) is -0.218. The smallest absolute Gasteiger partial charge is 0.146 e. The molecule has 6 nitrogen and oxygen atoms in total. The molecule has 1 aliphatic carbocycles. The Bertz CT molecular complexity index is 385. The van der Waals surface area contributed by atoms with Gasteiger partial charge in [-0.2, -0.15) is 0 Å². The van der Waals surface area contributed by atoms with E-state index in [-0.39, 0.29) is 0 Å². The topological polar surface area (TPSA) is 92.4 Å². The monoisotopic (exact) mass is 234 g/mol. The number of aliphatic imine (C=N–C) groups is 3. The number of fused-ring (bicyclic) bond motifs is 1. The number of hydrogen-bond donors (Lipinski definition) is 2. The number of piperidine rings is 1. The molecule has 17 heavy (non-hydrogen) atoms. The average molecular weight is 234 g/mol. The molecule has 6 heteroatoms. The molecule has 1 heterocycles. The number of hydrogen-bond acceptors (Lipinski definition) is 4. The zero-order valence-corrected chi connectivity index (χ0v) is 9.95. The Balaban J connectivity index is 1.87. The second-order valence-electron chi connectivity index (χ2n) is 4.36. The Morgan fingerprint density at radius 1 is 1.35 bits per heavy atom. The first kappa shape index (κ1) is 11.6. The fraction of sp³-hybridized carbons (Fsp3) is 0.545. The third-order valence-electron chi connectivity index (χ3n) is 3.17. The summed E-state index contributed by atoms with van der Waals surface area (Å²) in [6.07, 6.45) is 5.79. The van der Waals surface area contributed by atoms with Crippen LogP contribution in [0.4, 0.5) is 0 Å². The first-order valence-corrected chi connectivity index (χ1v) is 5.69. The van der Waals surface area contributed by atoms with E-state index in [2.05, 4.69) is 19.9 Å². The third kappa shape index (κ3) is 2.83. The van der Waals surface area contributed by atoms with Crippen molar-refractivity contribution >= 4 is 18.4 Å². The fourth-order valence-electron chi connectivity index (χ4n) is 2.08. The quantitative estimate of drug-likeness (QED) is 0.520. The van der Waals surface area contributed by atoms with E-state index in [0.717, 1.165) is 30.7 Å². The van der Waals surface area contributed by atoms with Crippen LogP contribution in [0.15, 0.2) is 27.0 Å². The van der Waals surface area contributed by atoms with Crippen molar-refractivity contribution in [1.82, 2.24) is 4.90 Å². The van der Waals surface area contributed by atoms with Crippen LogP contribution >= 0.6 is 0 Å². The maximum absolute atomic E-state index is 5.56. The number of nitrogens with zero attached hydrogens (tertiary/aromatic N) is 4. The van der Waals surface area contributed by atoms with Crippen LogP contribution in [-0.4, -0.2) is 43.4 Å². The highest BCUT2D eigenvalue weighted by Crippen LogP contribution is 2.45. The van der Waals surface area contributed by atoms with Crippen molar-refractivity contribution in [2.75, 3.05) is 20.1 Å². The molecular formula is C11H18N6. The van der Waals surface area contributed by atoms with Gasteiger partial charge in [-0.05, 0) is 18.3 Å². The summed E-state index contributed by atoms with van der Waals surface area (Å²) in [7, 11) is 1.61. The van der Waals surface area contributed by atoms with E-state index in [1.54, 1.807) is 7.05 Å². The van der Waals surface area contributed by atoms with E-state index >= 15 is 0 Å². The molecule has 2 aliphatic rings. The summed E-state index contributed by atoms with van der Waals surface area (Å²) in [6.45, 7) is 2.13. The van der Waals surface area contributed by atoms with Crippen molar-refractivity contribution in [3.8, 4) is 0 Å². The molecule has 0 aromatic heterocycles. The van der Waals surface area contributed by atoms with Gasteiger partial charge in [-0.25, -0.2) is 9.98 Å². The van der Waals surface area contributed by atoms with E-state index in [1.165, 1.54) is 25.2 Å². The third-order valence-corrected chi connectivity index (χ3v) is 3.17. The van der Waals surface area contributed by atoms with Crippen molar-refractivity contribution in [1.29, 1.82) is 0 Å². The minimum atomic E-state index is 0.372. The Kier molecular flexibility index (Phi) is 3.41. The average Bonchev–Trinajstić information content (AvgIpc) is 2.96. The van der Waals surface area contributed by atoms with Gasteiger partial charge in [0.2, 0.25) is 0 Å². The number of nitrogens with two attached hydrogens (primary N) is 2. The number of rotatable bonds is 4. The predicted molar refractivity (Wildman–Crippen MR) is 70.0 cm³/mol. The van der Waals surface area contributed by atoms with E-state index in [9.17, 15) is 0 Å². The molecule has 1 aliphatic heterocycles. The SMILES string of the molecule is CN=C(N)C=NC=NC(=CN)N1CC2CC2C1. The molecule has 2 atom stereocenters. The van der Waals surface area contributed by atoms with Crippen LogP contribution in [0.1, 0.15) is 6.42 Å². The van der Waals surface area contributed by atoms with Gasteiger partial charge in [0, 0.05) is 26.3 Å². The van der Waals surface area contributed by atoms with Crippen LogP contribution in [0.5, 0.6) is 0 Å².